The van der Waals surface area contributed by atoms with Gasteiger partial charge in [-0.25, -0.2) is 0 Å². The molecule has 0 amide bonds. The Hall–Kier alpha value is -0.800. The van der Waals surface area contributed by atoms with Gasteiger partial charge in [-0.2, -0.15) is 0 Å². The second kappa shape index (κ2) is 8.20. The first-order chi connectivity index (χ1) is 4.91. The van der Waals surface area contributed by atoms with Gasteiger partial charge in [0.05, 0.1) is 0 Å². The lowest BCUT2D eigenvalue weighted by atomic mass is 10.5. The Morgan fingerprint density at radius 2 is 2.00 bits per heavy atom. The van der Waals surface area contributed by atoms with Crippen LogP contribution in [0.25, 0.3) is 0 Å². The highest BCUT2D eigenvalue weighted by Gasteiger charge is 1.70. The maximum absolute atomic E-state index is 5.24. The van der Waals surface area contributed by atoms with E-state index in [0.717, 1.165) is 6.54 Å². The molecule has 0 aliphatic heterocycles. The van der Waals surface area contributed by atoms with E-state index in [1.807, 2.05) is 24.4 Å². The summed E-state index contributed by atoms with van der Waals surface area (Å²) in [4.78, 5) is 0. The number of nitrogens with two attached hydrogens (primary N) is 2. The van der Waals surface area contributed by atoms with Crippen molar-refractivity contribution in [3.63, 3.8) is 0 Å². The van der Waals surface area contributed by atoms with Crippen LogP contribution in [0.2, 0.25) is 0 Å². The molecule has 0 radical (unpaired) electrons. The lowest BCUT2D eigenvalue weighted by Crippen LogP contribution is -2.16. The summed E-state index contributed by atoms with van der Waals surface area (Å²) in [5, 5.41) is 3.00. The van der Waals surface area contributed by atoms with Crippen molar-refractivity contribution in [3.05, 3.63) is 24.4 Å². The van der Waals surface area contributed by atoms with E-state index in [0.29, 0.717) is 13.1 Å². The van der Waals surface area contributed by atoms with Gasteiger partial charge in [-0.15, -0.1) is 0 Å². The van der Waals surface area contributed by atoms with Gasteiger partial charge in [0.1, 0.15) is 0 Å². The zero-order valence-corrected chi connectivity index (χ0v) is 6.09. The second-order valence-electron chi connectivity index (χ2n) is 1.77. The van der Waals surface area contributed by atoms with Crippen LogP contribution in [0.4, 0.5) is 0 Å². The third-order valence-electron chi connectivity index (χ3n) is 0.886. The Morgan fingerprint density at radius 3 is 2.60 bits per heavy atom. The summed E-state index contributed by atoms with van der Waals surface area (Å²) >= 11 is 0. The van der Waals surface area contributed by atoms with E-state index < -0.39 is 0 Å². The largest absolute Gasteiger partial charge is 0.390 e. The van der Waals surface area contributed by atoms with Crippen LogP contribution in [0.1, 0.15) is 0 Å². The van der Waals surface area contributed by atoms with Crippen molar-refractivity contribution in [1.82, 2.24) is 5.32 Å². The number of rotatable bonds is 5. The zero-order chi connectivity index (χ0) is 7.66. The first-order valence-electron chi connectivity index (χ1n) is 3.37. The second-order valence-corrected chi connectivity index (χ2v) is 1.77. The van der Waals surface area contributed by atoms with Crippen molar-refractivity contribution in [3.8, 4) is 0 Å². The molecule has 0 atom stereocenters. The van der Waals surface area contributed by atoms with Crippen LogP contribution in [-0.2, 0) is 0 Å². The van der Waals surface area contributed by atoms with Crippen LogP contribution < -0.4 is 16.8 Å². The summed E-state index contributed by atoms with van der Waals surface area (Å²) in [5.41, 5.74) is 10.4. The van der Waals surface area contributed by atoms with E-state index in [2.05, 4.69) is 5.32 Å². The topological polar surface area (TPSA) is 64.1 Å². The molecule has 3 heteroatoms. The highest BCUT2D eigenvalue weighted by molar-refractivity contribution is 5.01. The van der Waals surface area contributed by atoms with Crippen LogP contribution in [0, 0.1) is 0 Å². The average Bonchev–Trinajstić information content (AvgIpc) is 1.97. The predicted molar refractivity (Wildman–Crippen MR) is 44.4 cm³/mol. The van der Waals surface area contributed by atoms with Gasteiger partial charge in [0.2, 0.25) is 0 Å². The minimum absolute atomic E-state index is 0.585. The van der Waals surface area contributed by atoms with Crippen LogP contribution in [0.15, 0.2) is 24.4 Å². The third-order valence-corrected chi connectivity index (χ3v) is 0.886. The Labute approximate surface area is 61.8 Å². The quantitative estimate of drug-likeness (QED) is 0.359. The van der Waals surface area contributed by atoms with E-state index in [1.54, 1.807) is 0 Å². The molecule has 5 N–H and O–H groups in total. The normalized spacial score (nSPS) is 11.4. The van der Waals surface area contributed by atoms with E-state index in [9.17, 15) is 0 Å². The predicted octanol–water partition coefficient (Wildman–Crippen LogP) is -0.437. The molecule has 0 aliphatic rings. The first-order valence-corrected chi connectivity index (χ1v) is 3.37. The molecule has 0 aromatic rings. The molecule has 0 heterocycles. The van der Waals surface area contributed by atoms with E-state index in [-0.39, 0.29) is 0 Å². The lowest BCUT2D eigenvalue weighted by molar-refractivity contribution is 0.842. The highest BCUT2D eigenvalue weighted by atomic mass is 14.8. The van der Waals surface area contributed by atoms with Crippen molar-refractivity contribution in [2.24, 2.45) is 11.5 Å². The van der Waals surface area contributed by atoms with Gasteiger partial charge in [-0.3, -0.25) is 0 Å². The molecule has 0 saturated heterocycles. The fourth-order valence-corrected chi connectivity index (χ4v) is 0.447. The van der Waals surface area contributed by atoms with Gasteiger partial charge >= 0.3 is 0 Å². The maximum Gasteiger partial charge on any atom is 0.0264 e. The van der Waals surface area contributed by atoms with E-state index in [1.165, 1.54) is 0 Å². The lowest BCUT2D eigenvalue weighted by Gasteiger charge is -1.92. The summed E-state index contributed by atoms with van der Waals surface area (Å²) < 4.78 is 0. The smallest absolute Gasteiger partial charge is 0.0264 e. The molecule has 3 nitrogen and oxygen atoms in total. The van der Waals surface area contributed by atoms with Crippen molar-refractivity contribution >= 4 is 0 Å². The molecule has 0 spiro atoms. The monoisotopic (exact) mass is 141 g/mol. The summed E-state index contributed by atoms with van der Waals surface area (Å²) in [7, 11) is 0. The standard InChI is InChI=1S/C7H15N3/c8-4-2-1-3-6-10-7-5-9/h1-3,6,10H,4-5,7-9H2/b2-1+,6-3+. The number of hydrogen-bond donors (Lipinski definition) is 3. The molecule has 0 unspecified atom stereocenters. The Kier molecular flexibility index (Phi) is 7.54. The van der Waals surface area contributed by atoms with Crippen molar-refractivity contribution in [2.45, 2.75) is 0 Å². The van der Waals surface area contributed by atoms with Crippen molar-refractivity contribution < 1.29 is 0 Å². The molecule has 0 fully saturated rings. The van der Waals surface area contributed by atoms with E-state index >= 15 is 0 Å². The number of nitrogens with one attached hydrogen (secondary N) is 1. The molecule has 0 aromatic heterocycles. The van der Waals surface area contributed by atoms with E-state index in [4.69, 9.17) is 11.5 Å². The summed E-state index contributed by atoms with van der Waals surface area (Å²) in [6.07, 6.45) is 7.51. The van der Waals surface area contributed by atoms with Crippen molar-refractivity contribution in [1.29, 1.82) is 0 Å². The van der Waals surface area contributed by atoms with Crippen LogP contribution in [0.5, 0.6) is 0 Å². The average molecular weight is 141 g/mol. The van der Waals surface area contributed by atoms with Crippen LogP contribution in [0.3, 0.4) is 0 Å². The molecule has 0 bridgehead atoms. The summed E-state index contributed by atoms with van der Waals surface area (Å²) in [6.45, 7) is 2.05. The maximum atomic E-state index is 5.24. The van der Waals surface area contributed by atoms with Gasteiger partial charge in [-0.05, 0) is 12.3 Å². The van der Waals surface area contributed by atoms with Gasteiger partial charge in [0.25, 0.3) is 0 Å². The van der Waals surface area contributed by atoms with Crippen molar-refractivity contribution in [2.75, 3.05) is 19.6 Å². The minimum Gasteiger partial charge on any atom is -0.390 e. The number of hydrogen-bond acceptors (Lipinski definition) is 3. The van der Waals surface area contributed by atoms with Crippen LogP contribution >= 0.6 is 0 Å². The van der Waals surface area contributed by atoms with Gasteiger partial charge < -0.3 is 16.8 Å². The number of allylic oxidation sites excluding steroid dienone is 2. The van der Waals surface area contributed by atoms with Crippen LogP contribution in [-0.4, -0.2) is 19.6 Å². The fraction of sp³-hybridized carbons (Fsp3) is 0.429. The Balaban J connectivity index is 3.11. The Bertz CT molecular complexity index is 107. The summed E-state index contributed by atoms with van der Waals surface area (Å²) in [6, 6.07) is 0. The molecule has 0 saturated carbocycles. The summed E-state index contributed by atoms with van der Waals surface area (Å²) in [5.74, 6) is 0. The van der Waals surface area contributed by atoms with Gasteiger partial charge in [0, 0.05) is 19.6 Å². The van der Waals surface area contributed by atoms with Gasteiger partial charge in [0.15, 0.2) is 0 Å². The molecular weight excluding hydrogens is 126 g/mol. The molecule has 58 valence electrons. The molecule has 0 aliphatic carbocycles. The molecular formula is C7H15N3. The Morgan fingerprint density at radius 1 is 1.20 bits per heavy atom. The third kappa shape index (κ3) is 7.20. The molecule has 10 heavy (non-hydrogen) atoms. The minimum atomic E-state index is 0.585. The van der Waals surface area contributed by atoms with Gasteiger partial charge in [-0.1, -0.05) is 12.2 Å². The highest BCUT2D eigenvalue weighted by Crippen LogP contribution is 1.71. The zero-order valence-electron chi connectivity index (χ0n) is 6.09. The SMILES string of the molecule is NC/C=C/C=C/NCCN. The molecule has 0 aromatic carbocycles. The first kappa shape index (κ1) is 9.20. The molecule has 0 rings (SSSR count). The fourth-order valence-electron chi connectivity index (χ4n) is 0.447.